The normalized spacial score (nSPS) is 14.8. The Morgan fingerprint density at radius 2 is 0.893 bits per heavy atom. The molecule has 7 heteroatoms. The monoisotopic (exact) mass is 753 g/mol. The fraction of sp³-hybridized carbons (Fsp3) is 0.163. The van der Waals surface area contributed by atoms with E-state index in [4.69, 9.17) is 4.98 Å². The third kappa shape index (κ3) is 3.93. The molecule has 0 unspecified atom stereocenters. The van der Waals surface area contributed by atoms with Gasteiger partial charge in [0.2, 0.25) is 0 Å². The van der Waals surface area contributed by atoms with Crippen LogP contribution in [0, 0.1) is 0 Å². The van der Waals surface area contributed by atoms with E-state index in [1.807, 2.05) is 23.5 Å². The summed E-state index contributed by atoms with van der Waals surface area (Å²) in [7, 11) is 0. The van der Waals surface area contributed by atoms with Crippen molar-refractivity contribution in [2.75, 3.05) is 0 Å². The van der Waals surface area contributed by atoms with Gasteiger partial charge in [0.05, 0.1) is 21.1 Å². The van der Waals surface area contributed by atoms with Crippen LogP contribution in [-0.2, 0) is 10.8 Å². The van der Waals surface area contributed by atoms with Crippen molar-refractivity contribution in [3.05, 3.63) is 126 Å². The van der Waals surface area contributed by atoms with E-state index >= 15 is 0 Å². The molecule has 7 heterocycles. The number of nitrogens with zero attached hydrogens (tertiary/aromatic N) is 3. The number of benzene rings is 6. The maximum Gasteiger partial charge on any atom is 0.251 e. The molecule has 3 nitrogen and oxygen atoms in total. The molecule has 0 spiro atoms. The second kappa shape index (κ2) is 10.4. The molecule has 0 N–H and O–H groups in total. The van der Waals surface area contributed by atoms with Crippen molar-refractivity contribution in [1.29, 1.82) is 0 Å². The maximum atomic E-state index is 5.78. The van der Waals surface area contributed by atoms with Gasteiger partial charge < -0.3 is 9.13 Å². The summed E-state index contributed by atoms with van der Waals surface area (Å²) in [5.74, 6) is 0. The van der Waals surface area contributed by atoms with Crippen molar-refractivity contribution in [2.45, 2.75) is 72.2 Å². The van der Waals surface area contributed by atoms with Gasteiger partial charge in [-0.1, -0.05) is 144 Å². The minimum absolute atomic E-state index is 0.00329. The number of hydrogen-bond acceptors (Lipinski definition) is 3. The molecule has 4 aliphatic rings. The van der Waals surface area contributed by atoms with Crippen molar-refractivity contribution >= 4 is 113 Å². The highest BCUT2D eigenvalue weighted by molar-refractivity contribution is 8.00. The standard InChI is InChI=1S/C49H37B2N3S2/c1-48(2,3)26-21-38-42-40(23-26)55-46-34(50(42)32-17-11-15-30-28-13-7-9-19-36(28)53(38)44(30)32)25-35-47(52-46)56-41-24-27(49(4,5)6)22-39-43(41)51(35)33-18-12-16-31-29-14-8-10-20-37(29)54(39)45(31)33/h7-25H,1-6H3. The van der Waals surface area contributed by atoms with Gasteiger partial charge in [-0.05, 0) is 91.1 Å². The number of pyridine rings is 1. The Labute approximate surface area is 335 Å². The molecule has 13 rings (SSSR count). The summed E-state index contributed by atoms with van der Waals surface area (Å²) in [4.78, 5) is 8.45. The van der Waals surface area contributed by atoms with Crippen LogP contribution in [0.4, 0.5) is 0 Å². The van der Waals surface area contributed by atoms with Gasteiger partial charge in [-0.15, -0.1) is 0 Å². The summed E-state index contributed by atoms with van der Waals surface area (Å²) in [6, 6.07) is 44.5. The topological polar surface area (TPSA) is 22.8 Å². The molecule has 56 heavy (non-hydrogen) atoms. The lowest BCUT2D eigenvalue weighted by Crippen LogP contribution is -2.63. The van der Waals surface area contributed by atoms with E-state index in [-0.39, 0.29) is 24.3 Å². The van der Waals surface area contributed by atoms with E-state index in [1.54, 1.807) is 0 Å². The minimum atomic E-state index is -0.00329. The second-order valence-electron chi connectivity index (χ2n) is 18.4. The van der Waals surface area contributed by atoms with E-state index in [1.165, 1.54) is 109 Å². The molecule has 3 aromatic heterocycles. The first-order valence-corrected chi connectivity index (χ1v) is 21.5. The quantitative estimate of drug-likeness (QED) is 0.145. The van der Waals surface area contributed by atoms with Gasteiger partial charge in [-0.25, -0.2) is 4.98 Å². The van der Waals surface area contributed by atoms with Crippen LogP contribution >= 0.6 is 23.5 Å². The summed E-state index contributed by atoms with van der Waals surface area (Å²) in [6.07, 6.45) is 0. The van der Waals surface area contributed by atoms with E-state index in [9.17, 15) is 0 Å². The molecule has 0 fully saturated rings. The molecule has 4 aliphatic heterocycles. The molecule has 0 saturated heterocycles. The average Bonchev–Trinajstić information content (AvgIpc) is 3.71. The third-order valence-electron chi connectivity index (χ3n) is 13.1. The zero-order valence-corrected chi connectivity index (χ0v) is 33.9. The van der Waals surface area contributed by atoms with Gasteiger partial charge in [0.15, 0.2) is 0 Å². The number of fused-ring (bicyclic) bond motifs is 14. The van der Waals surface area contributed by atoms with Gasteiger partial charge in [0.25, 0.3) is 13.4 Å². The van der Waals surface area contributed by atoms with Gasteiger partial charge in [0.1, 0.15) is 0 Å². The molecule has 6 aromatic carbocycles. The van der Waals surface area contributed by atoms with Crippen molar-refractivity contribution in [3.63, 3.8) is 0 Å². The lowest BCUT2D eigenvalue weighted by molar-refractivity contribution is 0.588. The summed E-state index contributed by atoms with van der Waals surface area (Å²) in [6.45, 7) is 14.2. The SMILES string of the molecule is CC(C)(C)c1cc2c3c(c1)-n1c4ccccc4c4cccc(c41)B3c1cc3c(nc1S2)Sc1cc(C(C)(C)C)cc2c1B3c1cccc3c4ccccc4n-2c13. The Morgan fingerprint density at radius 3 is 1.34 bits per heavy atom. The van der Waals surface area contributed by atoms with Crippen molar-refractivity contribution < 1.29 is 0 Å². The molecule has 0 radical (unpaired) electrons. The van der Waals surface area contributed by atoms with Crippen LogP contribution in [0.25, 0.3) is 55.0 Å². The molecule has 0 bridgehead atoms. The third-order valence-corrected chi connectivity index (χ3v) is 15.3. The van der Waals surface area contributed by atoms with Gasteiger partial charge in [-0.3, -0.25) is 0 Å². The molecule has 9 aromatic rings. The summed E-state index contributed by atoms with van der Waals surface area (Å²) < 4.78 is 5.15. The van der Waals surface area contributed by atoms with Crippen LogP contribution in [-0.4, -0.2) is 27.5 Å². The van der Waals surface area contributed by atoms with Gasteiger partial charge in [0, 0.05) is 53.7 Å². The highest BCUT2D eigenvalue weighted by Crippen LogP contribution is 2.44. The Morgan fingerprint density at radius 1 is 0.464 bits per heavy atom. The Kier molecular flexibility index (Phi) is 5.97. The fourth-order valence-corrected chi connectivity index (χ4v) is 12.9. The van der Waals surface area contributed by atoms with Crippen LogP contribution in [0.15, 0.2) is 135 Å². The Bertz CT molecular complexity index is 3090. The first-order valence-electron chi connectivity index (χ1n) is 19.9. The van der Waals surface area contributed by atoms with Crippen LogP contribution < -0.4 is 32.8 Å². The van der Waals surface area contributed by atoms with Crippen LogP contribution in [0.3, 0.4) is 0 Å². The number of hydrogen-bond donors (Lipinski definition) is 0. The smallest absolute Gasteiger partial charge is 0.251 e. The number of aromatic nitrogens is 3. The van der Waals surface area contributed by atoms with Crippen molar-refractivity contribution in [2.24, 2.45) is 0 Å². The molecular formula is C49H37B2N3S2. The predicted octanol–water partition coefficient (Wildman–Crippen LogP) is 8.46. The van der Waals surface area contributed by atoms with Gasteiger partial charge in [-0.2, -0.15) is 0 Å². The van der Waals surface area contributed by atoms with Crippen molar-refractivity contribution in [1.82, 2.24) is 14.1 Å². The fourth-order valence-electron chi connectivity index (χ4n) is 10.5. The van der Waals surface area contributed by atoms with E-state index in [2.05, 4.69) is 166 Å². The molecule has 0 aliphatic carbocycles. The first-order chi connectivity index (χ1) is 27.0. The Balaban J connectivity index is 1.13. The second-order valence-corrected chi connectivity index (χ2v) is 20.4. The van der Waals surface area contributed by atoms with Crippen LogP contribution in [0.5, 0.6) is 0 Å². The highest BCUT2D eigenvalue weighted by Gasteiger charge is 2.45. The molecule has 0 amide bonds. The lowest BCUT2D eigenvalue weighted by Gasteiger charge is -2.37. The molecule has 0 saturated carbocycles. The van der Waals surface area contributed by atoms with E-state index in [0.717, 1.165) is 10.1 Å². The van der Waals surface area contributed by atoms with E-state index < -0.39 is 0 Å². The van der Waals surface area contributed by atoms with Crippen LogP contribution in [0.2, 0.25) is 0 Å². The van der Waals surface area contributed by atoms with Gasteiger partial charge >= 0.3 is 0 Å². The van der Waals surface area contributed by atoms with Crippen LogP contribution in [0.1, 0.15) is 52.7 Å². The lowest BCUT2D eigenvalue weighted by atomic mass is 9.32. The molecule has 266 valence electrons. The predicted molar refractivity (Wildman–Crippen MR) is 241 cm³/mol. The molecule has 0 atom stereocenters. The largest absolute Gasteiger partial charge is 0.310 e. The summed E-state index contributed by atoms with van der Waals surface area (Å²) in [5, 5.41) is 7.57. The maximum absolute atomic E-state index is 5.78. The first kappa shape index (κ1) is 32.0. The zero-order valence-electron chi connectivity index (χ0n) is 32.3. The average molecular weight is 754 g/mol. The highest BCUT2D eigenvalue weighted by atomic mass is 32.2. The Hall–Kier alpha value is -5.10. The number of para-hydroxylation sites is 4. The zero-order chi connectivity index (χ0) is 37.6. The van der Waals surface area contributed by atoms with Crippen molar-refractivity contribution in [3.8, 4) is 11.4 Å². The van der Waals surface area contributed by atoms with E-state index in [0.29, 0.717) is 0 Å². The summed E-state index contributed by atoms with van der Waals surface area (Å²) >= 11 is 3.77. The number of rotatable bonds is 0. The summed E-state index contributed by atoms with van der Waals surface area (Å²) in [5.41, 5.74) is 18.9. The minimum Gasteiger partial charge on any atom is -0.310 e. The molecular weight excluding hydrogens is 716 g/mol.